The Kier molecular flexibility index (Phi) is 5.01. The standard InChI is InChI=1S/C19H18N2O2S/c1-3-14-8-4-5-10-16(14)20-19-21-18(22)17(24-19)12-13-7-6-9-15(11-13)23-2/h4-12H,3H2,1-2H3,(H,20,21,22)/b17-12-. The van der Waals surface area contributed by atoms with Crippen LogP contribution in [-0.2, 0) is 11.2 Å². The second-order valence-corrected chi connectivity index (χ2v) is 6.27. The number of aryl methyl sites for hydroxylation is 1. The van der Waals surface area contributed by atoms with Gasteiger partial charge in [0.15, 0.2) is 5.17 Å². The van der Waals surface area contributed by atoms with E-state index in [4.69, 9.17) is 4.74 Å². The van der Waals surface area contributed by atoms with Crippen LogP contribution in [-0.4, -0.2) is 18.2 Å². The Balaban J connectivity index is 1.85. The van der Waals surface area contributed by atoms with E-state index in [9.17, 15) is 4.79 Å². The summed E-state index contributed by atoms with van der Waals surface area (Å²) < 4.78 is 5.21. The van der Waals surface area contributed by atoms with Crippen molar-refractivity contribution in [2.75, 3.05) is 7.11 Å². The summed E-state index contributed by atoms with van der Waals surface area (Å²) in [6.07, 6.45) is 2.74. The summed E-state index contributed by atoms with van der Waals surface area (Å²) in [5, 5.41) is 3.43. The van der Waals surface area contributed by atoms with Gasteiger partial charge in [-0.3, -0.25) is 4.79 Å². The molecule has 1 heterocycles. The van der Waals surface area contributed by atoms with Crippen molar-refractivity contribution in [1.82, 2.24) is 5.32 Å². The number of aliphatic imine (C=N–C) groups is 1. The molecule has 2 aromatic carbocycles. The van der Waals surface area contributed by atoms with Crippen LogP contribution in [0.5, 0.6) is 5.75 Å². The van der Waals surface area contributed by atoms with Gasteiger partial charge in [0, 0.05) is 0 Å². The quantitative estimate of drug-likeness (QED) is 0.852. The van der Waals surface area contributed by atoms with Gasteiger partial charge in [0.05, 0.1) is 17.7 Å². The highest BCUT2D eigenvalue weighted by molar-refractivity contribution is 8.18. The monoisotopic (exact) mass is 338 g/mol. The van der Waals surface area contributed by atoms with Crippen LogP contribution in [0.3, 0.4) is 0 Å². The zero-order chi connectivity index (χ0) is 16.9. The molecule has 4 nitrogen and oxygen atoms in total. The first-order chi connectivity index (χ1) is 11.7. The molecule has 5 heteroatoms. The van der Waals surface area contributed by atoms with Crippen molar-refractivity contribution >= 4 is 34.6 Å². The summed E-state index contributed by atoms with van der Waals surface area (Å²) in [6, 6.07) is 15.6. The minimum atomic E-state index is -0.129. The maximum Gasteiger partial charge on any atom is 0.264 e. The number of rotatable bonds is 4. The van der Waals surface area contributed by atoms with Crippen LogP contribution < -0.4 is 10.1 Å². The molecule has 1 amide bonds. The van der Waals surface area contributed by atoms with Crippen LogP contribution in [0.4, 0.5) is 5.69 Å². The van der Waals surface area contributed by atoms with E-state index in [2.05, 4.69) is 17.2 Å². The first-order valence-electron chi connectivity index (χ1n) is 7.71. The van der Waals surface area contributed by atoms with E-state index in [0.717, 1.165) is 29.0 Å². The normalized spacial score (nSPS) is 17.3. The lowest BCUT2D eigenvalue weighted by Crippen LogP contribution is -2.19. The fourth-order valence-corrected chi connectivity index (χ4v) is 3.23. The first kappa shape index (κ1) is 16.3. The summed E-state index contributed by atoms with van der Waals surface area (Å²) in [7, 11) is 1.62. The third-order valence-corrected chi connectivity index (χ3v) is 4.55. The molecule has 3 rings (SSSR count). The summed E-state index contributed by atoms with van der Waals surface area (Å²) in [6.45, 7) is 2.09. The second-order valence-electron chi connectivity index (χ2n) is 5.24. The number of para-hydroxylation sites is 1. The molecule has 24 heavy (non-hydrogen) atoms. The number of carbonyl (C=O) groups excluding carboxylic acids is 1. The smallest absolute Gasteiger partial charge is 0.264 e. The van der Waals surface area contributed by atoms with Crippen molar-refractivity contribution < 1.29 is 9.53 Å². The van der Waals surface area contributed by atoms with Crippen LogP contribution in [0.25, 0.3) is 6.08 Å². The fourth-order valence-electron chi connectivity index (χ4n) is 2.39. The van der Waals surface area contributed by atoms with Crippen molar-refractivity contribution in [1.29, 1.82) is 0 Å². The molecule has 1 saturated heterocycles. The Labute approximate surface area is 145 Å². The molecule has 0 spiro atoms. The molecule has 2 aromatic rings. The Morgan fingerprint density at radius 2 is 2.04 bits per heavy atom. The van der Waals surface area contributed by atoms with E-state index < -0.39 is 0 Å². The van der Waals surface area contributed by atoms with E-state index in [1.165, 1.54) is 11.8 Å². The average molecular weight is 338 g/mol. The van der Waals surface area contributed by atoms with E-state index in [1.807, 2.05) is 54.6 Å². The highest BCUT2D eigenvalue weighted by Crippen LogP contribution is 2.29. The number of amidine groups is 1. The SMILES string of the molecule is CCc1ccccc1N=C1NC(=O)/C(=C/c2cccc(OC)c2)S1. The summed E-state index contributed by atoms with van der Waals surface area (Å²) in [5.41, 5.74) is 2.97. The van der Waals surface area contributed by atoms with Crippen LogP contribution in [0, 0.1) is 0 Å². The van der Waals surface area contributed by atoms with Gasteiger partial charge in [0.25, 0.3) is 5.91 Å². The number of nitrogens with one attached hydrogen (secondary N) is 1. The van der Waals surface area contributed by atoms with Gasteiger partial charge in [-0.15, -0.1) is 0 Å². The molecular formula is C19H18N2O2S. The number of benzene rings is 2. The molecule has 0 aromatic heterocycles. The fraction of sp³-hybridized carbons (Fsp3) is 0.158. The lowest BCUT2D eigenvalue weighted by atomic mass is 10.1. The minimum absolute atomic E-state index is 0.129. The molecule has 1 aliphatic heterocycles. The molecule has 122 valence electrons. The third kappa shape index (κ3) is 3.68. The van der Waals surface area contributed by atoms with Crippen LogP contribution in [0.1, 0.15) is 18.1 Å². The maximum absolute atomic E-state index is 12.2. The van der Waals surface area contributed by atoms with Crippen molar-refractivity contribution in [3.8, 4) is 5.75 Å². The average Bonchev–Trinajstić information content (AvgIpc) is 2.94. The highest BCUT2D eigenvalue weighted by atomic mass is 32.2. The van der Waals surface area contributed by atoms with Gasteiger partial charge < -0.3 is 10.1 Å². The first-order valence-corrected chi connectivity index (χ1v) is 8.53. The molecule has 1 N–H and O–H groups in total. The lowest BCUT2D eigenvalue weighted by molar-refractivity contribution is -0.115. The Morgan fingerprint density at radius 1 is 1.21 bits per heavy atom. The number of hydrogen-bond donors (Lipinski definition) is 1. The molecule has 1 fully saturated rings. The molecule has 0 unspecified atom stereocenters. The second kappa shape index (κ2) is 7.36. The lowest BCUT2D eigenvalue weighted by Gasteiger charge is -2.02. The highest BCUT2D eigenvalue weighted by Gasteiger charge is 2.24. The summed E-state index contributed by atoms with van der Waals surface area (Å²) >= 11 is 1.35. The number of amides is 1. The molecule has 1 aliphatic rings. The number of ether oxygens (including phenoxy) is 1. The van der Waals surface area contributed by atoms with E-state index in [1.54, 1.807) is 7.11 Å². The number of methoxy groups -OCH3 is 1. The van der Waals surface area contributed by atoms with E-state index >= 15 is 0 Å². The zero-order valence-electron chi connectivity index (χ0n) is 13.6. The number of nitrogens with zero attached hydrogens (tertiary/aromatic N) is 1. The maximum atomic E-state index is 12.2. The van der Waals surface area contributed by atoms with E-state index in [-0.39, 0.29) is 5.91 Å². The van der Waals surface area contributed by atoms with Crippen molar-refractivity contribution in [3.63, 3.8) is 0 Å². The minimum Gasteiger partial charge on any atom is -0.497 e. The number of carbonyl (C=O) groups is 1. The molecule has 0 aliphatic carbocycles. The molecule has 0 atom stereocenters. The van der Waals surface area contributed by atoms with Crippen LogP contribution in [0.2, 0.25) is 0 Å². The van der Waals surface area contributed by atoms with Gasteiger partial charge in [0.1, 0.15) is 5.75 Å². The molecule has 0 radical (unpaired) electrons. The van der Waals surface area contributed by atoms with Gasteiger partial charge in [-0.1, -0.05) is 37.3 Å². The number of thioether (sulfide) groups is 1. The Morgan fingerprint density at radius 3 is 2.83 bits per heavy atom. The van der Waals surface area contributed by atoms with E-state index in [0.29, 0.717) is 10.1 Å². The van der Waals surface area contributed by atoms with Gasteiger partial charge in [-0.2, -0.15) is 0 Å². The van der Waals surface area contributed by atoms with Crippen molar-refractivity contribution in [2.24, 2.45) is 4.99 Å². The van der Waals surface area contributed by atoms with Crippen LogP contribution in [0.15, 0.2) is 58.4 Å². The zero-order valence-corrected chi connectivity index (χ0v) is 14.4. The topological polar surface area (TPSA) is 50.7 Å². The number of hydrogen-bond acceptors (Lipinski definition) is 4. The largest absolute Gasteiger partial charge is 0.497 e. The molecular weight excluding hydrogens is 320 g/mol. The Bertz CT molecular complexity index is 828. The molecule has 0 bridgehead atoms. The van der Waals surface area contributed by atoms with Crippen LogP contribution >= 0.6 is 11.8 Å². The third-order valence-electron chi connectivity index (χ3n) is 3.64. The predicted octanol–water partition coefficient (Wildman–Crippen LogP) is 4.15. The predicted molar refractivity (Wildman–Crippen MR) is 99.6 cm³/mol. The van der Waals surface area contributed by atoms with Gasteiger partial charge in [-0.25, -0.2) is 4.99 Å². The summed E-state index contributed by atoms with van der Waals surface area (Å²) in [5.74, 6) is 0.633. The summed E-state index contributed by atoms with van der Waals surface area (Å²) in [4.78, 5) is 17.4. The van der Waals surface area contributed by atoms with Gasteiger partial charge in [-0.05, 0) is 53.6 Å². The Hall–Kier alpha value is -2.53. The van der Waals surface area contributed by atoms with Crippen molar-refractivity contribution in [3.05, 3.63) is 64.6 Å². The van der Waals surface area contributed by atoms with Gasteiger partial charge >= 0.3 is 0 Å². The van der Waals surface area contributed by atoms with Crippen molar-refractivity contribution in [2.45, 2.75) is 13.3 Å². The van der Waals surface area contributed by atoms with Gasteiger partial charge in [0.2, 0.25) is 0 Å². The molecule has 0 saturated carbocycles.